The molecular weight excluding hydrogens is 248 g/mol. The zero-order valence-corrected chi connectivity index (χ0v) is 13.0. The highest BCUT2D eigenvalue weighted by Crippen LogP contribution is 2.27. The first kappa shape index (κ1) is 14.8. The fourth-order valence-electron chi connectivity index (χ4n) is 1.99. The summed E-state index contributed by atoms with van der Waals surface area (Å²) in [6, 6.07) is 10.8. The molecule has 20 heavy (non-hydrogen) atoms. The van der Waals surface area contributed by atoms with Crippen LogP contribution in [0, 0.1) is 0 Å². The first-order valence-corrected chi connectivity index (χ1v) is 7.16. The Balaban J connectivity index is 2.41. The number of aromatic nitrogens is 1. The maximum atomic E-state index is 6.02. The monoisotopic (exact) mass is 272 g/mol. The van der Waals surface area contributed by atoms with Gasteiger partial charge in [-0.25, -0.2) is 4.98 Å². The van der Waals surface area contributed by atoms with Crippen molar-refractivity contribution in [3.8, 4) is 5.88 Å². The molecule has 1 aromatic carbocycles. The molecule has 0 spiro atoms. The minimum atomic E-state index is -0.250. The fraction of sp³-hybridized carbons (Fsp3) is 0.471. The Morgan fingerprint density at radius 2 is 1.90 bits per heavy atom. The summed E-state index contributed by atoms with van der Waals surface area (Å²) in [6.07, 6.45) is 0. The Hall–Kier alpha value is -1.61. The van der Waals surface area contributed by atoms with Crippen molar-refractivity contribution < 1.29 is 4.74 Å². The van der Waals surface area contributed by atoms with Crippen molar-refractivity contribution in [2.45, 2.75) is 52.8 Å². The first-order valence-electron chi connectivity index (χ1n) is 7.16. The number of hydrogen-bond donors (Lipinski definition) is 1. The second-order valence-electron chi connectivity index (χ2n) is 6.39. The highest BCUT2D eigenvalue weighted by molar-refractivity contribution is 5.87. The van der Waals surface area contributed by atoms with Crippen LogP contribution in [0.2, 0.25) is 0 Å². The van der Waals surface area contributed by atoms with E-state index in [-0.39, 0.29) is 5.60 Å². The lowest BCUT2D eigenvalue weighted by atomic mass is 10.1. The first-order chi connectivity index (χ1) is 9.35. The average Bonchev–Trinajstić information content (AvgIpc) is 2.34. The number of pyridine rings is 1. The lowest BCUT2D eigenvalue weighted by Gasteiger charge is -2.22. The van der Waals surface area contributed by atoms with Gasteiger partial charge in [-0.05, 0) is 38.3 Å². The van der Waals surface area contributed by atoms with Gasteiger partial charge in [-0.1, -0.05) is 32.0 Å². The van der Waals surface area contributed by atoms with Crippen LogP contribution < -0.4 is 10.1 Å². The van der Waals surface area contributed by atoms with E-state index < -0.39 is 0 Å². The quantitative estimate of drug-likeness (QED) is 0.916. The number of rotatable bonds is 4. The van der Waals surface area contributed by atoms with E-state index in [2.05, 4.69) is 42.3 Å². The van der Waals surface area contributed by atoms with E-state index in [0.717, 1.165) is 23.5 Å². The highest BCUT2D eigenvalue weighted by Gasteiger charge is 2.16. The van der Waals surface area contributed by atoms with Gasteiger partial charge in [0.25, 0.3) is 0 Å². The van der Waals surface area contributed by atoms with Gasteiger partial charge in [0, 0.05) is 18.0 Å². The summed E-state index contributed by atoms with van der Waals surface area (Å²) in [5, 5.41) is 5.63. The van der Waals surface area contributed by atoms with Crippen molar-refractivity contribution in [1.29, 1.82) is 0 Å². The lowest BCUT2D eigenvalue weighted by molar-refractivity contribution is 0.126. The summed E-state index contributed by atoms with van der Waals surface area (Å²) in [5.74, 6) is 0.719. The summed E-state index contributed by atoms with van der Waals surface area (Å²) in [4.78, 5) is 4.67. The Kier molecular flexibility index (Phi) is 4.29. The van der Waals surface area contributed by atoms with Gasteiger partial charge in [0.2, 0.25) is 5.88 Å². The van der Waals surface area contributed by atoms with Crippen LogP contribution >= 0.6 is 0 Å². The maximum Gasteiger partial charge on any atom is 0.222 e. The van der Waals surface area contributed by atoms with E-state index in [1.165, 1.54) is 5.39 Å². The van der Waals surface area contributed by atoms with Gasteiger partial charge in [-0.3, -0.25) is 0 Å². The standard InChI is InChI=1S/C17H24N2O/c1-12(2)18-11-14-10-13-8-6-7-9-15(13)16(19-14)20-17(3,4)5/h6-10,12,18H,11H2,1-5H3. The second-order valence-corrected chi connectivity index (χ2v) is 6.39. The smallest absolute Gasteiger partial charge is 0.222 e. The number of nitrogens with one attached hydrogen (secondary N) is 1. The third-order valence-corrected chi connectivity index (χ3v) is 2.85. The van der Waals surface area contributed by atoms with Gasteiger partial charge in [0.15, 0.2) is 0 Å². The number of benzene rings is 1. The largest absolute Gasteiger partial charge is 0.471 e. The van der Waals surface area contributed by atoms with Crippen molar-refractivity contribution in [3.63, 3.8) is 0 Å². The lowest BCUT2D eigenvalue weighted by Crippen LogP contribution is -2.25. The average molecular weight is 272 g/mol. The second kappa shape index (κ2) is 5.80. The SMILES string of the molecule is CC(C)NCc1cc2ccccc2c(OC(C)(C)C)n1. The molecule has 0 bridgehead atoms. The normalized spacial score (nSPS) is 12.1. The molecule has 1 N–H and O–H groups in total. The number of fused-ring (bicyclic) bond motifs is 1. The summed E-state index contributed by atoms with van der Waals surface area (Å²) >= 11 is 0. The molecule has 0 radical (unpaired) electrons. The van der Waals surface area contributed by atoms with Gasteiger partial charge >= 0.3 is 0 Å². The summed E-state index contributed by atoms with van der Waals surface area (Å²) in [6.45, 7) is 11.2. The molecule has 0 unspecified atom stereocenters. The molecule has 0 aliphatic heterocycles. The fourth-order valence-corrected chi connectivity index (χ4v) is 1.99. The van der Waals surface area contributed by atoms with E-state index in [1.807, 2.05) is 32.9 Å². The van der Waals surface area contributed by atoms with Crippen LogP contribution in [-0.2, 0) is 6.54 Å². The van der Waals surface area contributed by atoms with Gasteiger partial charge in [0.05, 0.1) is 5.69 Å². The van der Waals surface area contributed by atoms with Crippen LogP contribution in [-0.4, -0.2) is 16.6 Å². The molecule has 1 heterocycles. The van der Waals surface area contributed by atoms with Crippen LogP contribution in [0.25, 0.3) is 10.8 Å². The molecule has 0 atom stereocenters. The van der Waals surface area contributed by atoms with E-state index in [0.29, 0.717) is 6.04 Å². The molecular formula is C17H24N2O. The van der Waals surface area contributed by atoms with E-state index >= 15 is 0 Å². The topological polar surface area (TPSA) is 34.1 Å². The Morgan fingerprint density at radius 1 is 1.20 bits per heavy atom. The molecule has 0 fully saturated rings. The van der Waals surface area contributed by atoms with Crippen molar-refractivity contribution in [2.75, 3.05) is 0 Å². The zero-order chi connectivity index (χ0) is 14.8. The summed E-state index contributed by atoms with van der Waals surface area (Å²) in [7, 11) is 0. The molecule has 3 heteroatoms. The van der Waals surface area contributed by atoms with Crippen LogP contribution in [0.3, 0.4) is 0 Å². The van der Waals surface area contributed by atoms with Crippen LogP contribution in [0.5, 0.6) is 5.88 Å². The summed E-state index contributed by atoms with van der Waals surface area (Å²) in [5.41, 5.74) is 0.761. The molecule has 3 nitrogen and oxygen atoms in total. The predicted molar refractivity (Wildman–Crippen MR) is 84.1 cm³/mol. The van der Waals surface area contributed by atoms with Crippen molar-refractivity contribution in [2.24, 2.45) is 0 Å². The molecule has 0 aliphatic carbocycles. The minimum absolute atomic E-state index is 0.250. The van der Waals surface area contributed by atoms with E-state index in [4.69, 9.17) is 4.74 Å². The van der Waals surface area contributed by atoms with E-state index in [1.54, 1.807) is 0 Å². The van der Waals surface area contributed by atoms with Crippen molar-refractivity contribution >= 4 is 10.8 Å². The van der Waals surface area contributed by atoms with Gasteiger partial charge in [0.1, 0.15) is 5.60 Å². The molecule has 108 valence electrons. The van der Waals surface area contributed by atoms with Gasteiger partial charge in [-0.2, -0.15) is 0 Å². The molecule has 1 aromatic heterocycles. The Morgan fingerprint density at radius 3 is 2.55 bits per heavy atom. The van der Waals surface area contributed by atoms with Crippen LogP contribution in [0.4, 0.5) is 0 Å². The Labute approximate surface area is 121 Å². The molecule has 2 aromatic rings. The van der Waals surface area contributed by atoms with E-state index in [9.17, 15) is 0 Å². The third-order valence-electron chi connectivity index (χ3n) is 2.85. The molecule has 0 aliphatic rings. The number of nitrogens with zero attached hydrogens (tertiary/aromatic N) is 1. The van der Waals surface area contributed by atoms with Gasteiger partial charge < -0.3 is 10.1 Å². The van der Waals surface area contributed by atoms with Crippen LogP contribution in [0.15, 0.2) is 30.3 Å². The molecule has 0 saturated carbocycles. The number of hydrogen-bond acceptors (Lipinski definition) is 3. The van der Waals surface area contributed by atoms with Crippen molar-refractivity contribution in [3.05, 3.63) is 36.0 Å². The molecule has 2 rings (SSSR count). The zero-order valence-electron chi connectivity index (χ0n) is 13.0. The third kappa shape index (κ3) is 3.94. The van der Waals surface area contributed by atoms with Gasteiger partial charge in [-0.15, -0.1) is 0 Å². The highest BCUT2D eigenvalue weighted by atomic mass is 16.5. The Bertz CT molecular complexity index is 585. The molecule has 0 saturated heterocycles. The molecule has 0 amide bonds. The summed E-state index contributed by atoms with van der Waals surface area (Å²) < 4.78 is 6.02. The minimum Gasteiger partial charge on any atom is -0.471 e. The number of ether oxygens (including phenoxy) is 1. The predicted octanol–water partition coefficient (Wildman–Crippen LogP) is 3.91. The maximum absolute atomic E-state index is 6.02. The van der Waals surface area contributed by atoms with Crippen LogP contribution in [0.1, 0.15) is 40.3 Å². The van der Waals surface area contributed by atoms with Crippen molar-refractivity contribution in [1.82, 2.24) is 10.3 Å².